The molecule has 0 radical (unpaired) electrons. The molecule has 2 aliphatic heterocycles. The van der Waals surface area contributed by atoms with Gasteiger partial charge in [-0.15, -0.1) is 0 Å². The van der Waals surface area contributed by atoms with Crippen molar-refractivity contribution in [2.75, 3.05) is 18.4 Å². The van der Waals surface area contributed by atoms with Crippen molar-refractivity contribution in [3.8, 4) is 0 Å². The summed E-state index contributed by atoms with van der Waals surface area (Å²) in [6.07, 6.45) is 7.79. The highest BCUT2D eigenvalue weighted by atomic mass is 32.1. The maximum absolute atomic E-state index is 5.69. The minimum absolute atomic E-state index is 0.141. The van der Waals surface area contributed by atoms with E-state index in [1.54, 1.807) is 0 Å². The van der Waals surface area contributed by atoms with Crippen molar-refractivity contribution in [3.63, 3.8) is 0 Å². The molecule has 0 aromatic carbocycles. The molecule has 26 heavy (non-hydrogen) atoms. The Morgan fingerprint density at radius 3 is 3.00 bits per heavy atom. The van der Waals surface area contributed by atoms with Gasteiger partial charge in [-0.05, 0) is 43.9 Å². The molecular weight excluding hydrogens is 348 g/mol. The van der Waals surface area contributed by atoms with Crippen LogP contribution in [0.1, 0.15) is 30.1 Å². The lowest BCUT2D eigenvalue weighted by Crippen LogP contribution is -2.38. The molecule has 2 aromatic heterocycles. The third-order valence-electron chi connectivity index (χ3n) is 4.37. The Labute approximate surface area is 156 Å². The molecule has 0 bridgehead atoms. The molecule has 136 valence electrons. The van der Waals surface area contributed by atoms with Crippen LogP contribution in [0, 0.1) is 6.92 Å². The summed E-state index contributed by atoms with van der Waals surface area (Å²) in [5, 5.41) is 8.67. The van der Waals surface area contributed by atoms with Gasteiger partial charge in [-0.1, -0.05) is 0 Å². The second-order valence-electron chi connectivity index (χ2n) is 6.47. The quantitative estimate of drug-likeness (QED) is 0.839. The molecule has 1 unspecified atom stereocenters. The van der Waals surface area contributed by atoms with Crippen LogP contribution in [-0.4, -0.2) is 43.8 Å². The summed E-state index contributed by atoms with van der Waals surface area (Å²) in [7, 11) is 1.93. The fourth-order valence-electron chi connectivity index (χ4n) is 3.13. The number of hydrogen-bond acceptors (Lipinski definition) is 8. The number of aliphatic imine (C=N–C) groups is 2. The van der Waals surface area contributed by atoms with Crippen molar-refractivity contribution >= 4 is 28.2 Å². The second kappa shape index (κ2) is 7.00. The number of anilines is 1. The van der Waals surface area contributed by atoms with Gasteiger partial charge >= 0.3 is 0 Å². The Hall–Kier alpha value is -2.52. The van der Waals surface area contributed by atoms with E-state index in [-0.39, 0.29) is 6.04 Å². The second-order valence-corrected chi connectivity index (χ2v) is 7.27. The van der Waals surface area contributed by atoms with Crippen LogP contribution in [0.15, 0.2) is 40.3 Å². The molecule has 0 spiro atoms. The first-order chi connectivity index (χ1) is 12.6. The molecule has 3 N–H and O–H groups in total. The van der Waals surface area contributed by atoms with Gasteiger partial charge in [0, 0.05) is 25.0 Å². The number of aryl methyl sites for hydroxylation is 2. The molecule has 4 heterocycles. The number of nitrogens with one attached hydrogen (secondary N) is 1. The number of allylic oxidation sites excluding steroid dienone is 1. The van der Waals surface area contributed by atoms with Crippen LogP contribution in [0.4, 0.5) is 5.00 Å². The Balaban J connectivity index is 1.63. The molecule has 0 amide bonds. The van der Waals surface area contributed by atoms with E-state index in [9.17, 15) is 0 Å². The van der Waals surface area contributed by atoms with Crippen LogP contribution < -0.4 is 11.1 Å². The fraction of sp³-hybridized carbons (Fsp3) is 0.412. The lowest BCUT2D eigenvalue weighted by atomic mass is 10.1. The van der Waals surface area contributed by atoms with E-state index in [0.29, 0.717) is 13.1 Å². The standard InChI is InChI=1S/C17H22N8S/c1-11-6-15(26-23-11)22-16-17-19-8-14(12-7-20-24(2)9-12)25(17)10-13(21-16)4-3-5-18/h6-7,9-10,14H,3-5,8,18H2,1-2H3,(H,21,22). The van der Waals surface area contributed by atoms with Crippen LogP contribution in [0.25, 0.3) is 0 Å². The van der Waals surface area contributed by atoms with Crippen molar-refractivity contribution in [3.05, 3.63) is 41.6 Å². The van der Waals surface area contributed by atoms with E-state index in [1.807, 2.05) is 37.1 Å². The first-order valence-electron chi connectivity index (χ1n) is 8.65. The van der Waals surface area contributed by atoms with Gasteiger partial charge in [0.15, 0.2) is 11.7 Å². The lowest BCUT2D eigenvalue weighted by Gasteiger charge is -2.28. The molecule has 8 nitrogen and oxygen atoms in total. The van der Waals surface area contributed by atoms with Gasteiger partial charge in [-0.25, -0.2) is 4.99 Å². The van der Waals surface area contributed by atoms with E-state index in [0.717, 1.165) is 46.5 Å². The molecule has 2 aliphatic rings. The van der Waals surface area contributed by atoms with Crippen LogP contribution in [-0.2, 0) is 7.05 Å². The van der Waals surface area contributed by atoms with Crippen LogP contribution in [0.3, 0.4) is 0 Å². The predicted molar refractivity (Wildman–Crippen MR) is 104 cm³/mol. The number of aromatic nitrogens is 3. The normalized spacial score (nSPS) is 19.1. The third kappa shape index (κ3) is 3.27. The smallest absolute Gasteiger partial charge is 0.174 e. The molecule has 1 atom stereocenters. The van der Waals surface area contributed by atoms with Crippen molar-refractivity contribution in [2.24, 2.45) is 22.8 Å². The summed E-state index contributed by atoms with van der Waals surface area (Å²) in [6, 6.07) is 2.16. The highest BCUT2D eigenvalue weighted by molar-refractivity contribution is 7.10. The molecule has 0 saturated heterocycles. The van der Waals surface area contributed by atoms with Gasteiger partial charge in [-0.3, -0.25) is 9.67 Å². The molecule has 0 saturated carbocycles. The summed E-state index contributed by atoms with van der Waals surface area (Å²) in [6.45, 7) is 3.32. The topological polar surface area (TPSA) is 96.7 Å². The summed E-state index contributed by atoms with van der Waals surface area (Å²) in [5.74, 6) is 1.64. The largest absolute Gasteiger partial charge is 0.330 e. The lowest BCUT2D eigenvalue weighted by molar-refractivity contribution is 0.452. The zero-order chi connectivity index (χ0) is 18.1. The Morgan fingerprint density at radius 2 is 2.31 bits per heavy atom. The van der Waals surface area contributed by atoms with E-state index >= 15 is 0 Å². The van der Waals surface area contributed by atoms with Gasteiger partial charge < -0.3 is 16.0 Å². The number of nitrogens with two attached hydrogens (primary N) is 1. The van der Waals surface area contributed by atoms with Gasteiger partial charge in [-0.2, -0.15) is 9.47 Å². The summed E-state index contributed by atoms with van der Waals surface area (Å²) >= 11 is 1.43. The SMILES string of the molecule is Cc1cc(NC2=NC(CCCN)=CN3C2=NCC3c2cnn(C)c2)sn1. The van der Waals surface area contributed by atoms with E-state index in [4.69, 9.17) is 15.7 Å². The summed E-state index contributed by atoms with van der Waals surface area (Å²) in [5.41, 5.74) is 8.84. The molecule has 2 aromatic rings. The van der Waals surface area contributed by atoms with Crippen molar-refractivity contribution in [1.82, 2.24) is 19.1 Å². The van der Waals surface area contributed by atoms with Crippen LogP contribution >= 0.6 is 11.5 Å². The molecule has 9 heteroatoms. The molecule has 4 rings (SSSR count). The highest BCUT2D eigenvalue weighted by Crippen LogP contribution is 2.31. The number of hydrogen-bond donors (Lipinski definition) is 2. The number of nitrogens with zero attached hydrogens (tertiary/aromatic N) is 6. The van der Waals surface area contributed by atoms with Crippen molar-refractivity contribution in [2.45, 2.75) is 25.8 Å². The maximum atomic E-state index is 5.69. The van der Waals surface area contributed by atoms with Crippen molar-refractivity contribution < 1.29 is 0 Å². The summed E-state index contributed by atoms with van der Waals surface area (Å²) in [4.78, 5) is 11.7. The van der Waals surface area contributed by atoms with Crippen LogP contribution in [0.2, 0.25) is 0 Å². The van der Waals surface area contributed by atoms with Gasteiger partial charge in [0.05, 0.1) is 30.2 Å². The fourth-order valence-corrected chi connectivity index (χ4v) is 3.79. The van der Waals surface area contributed by atoms with Gasteiger partial charge in [0.2, 0.25) is 0 Å². The highest BCUT2D eigenvalue weighted by Gasteiger charge is 2.34. The maximum Gasteiger partial charge on any atom is 0.174 e. The van der Waals surface area contributed by atoms with Crippen molar-refractivity contribution in [1.29, 1.82) is 0 Å². The molecule has 0 aliphatic carbocycles. The molecule has 0 fully saturated rings. The Kier molecular flexibility index (Phi) is 4.56. The predicted octanol–water partition coefficient (Wildman–Crippen LogP) is 2.04. The summed E-state index contributed by atoms with van der Waals surface area (Å²) < 4.78 is 6.15. The van der Waals surface area contributed by atoms with Gasteiger partial charge in [0.25, 0.3) is 0 Å². The minimum atomic E-state index is 0.141. The number of fused-ring (bicyclic) bond motifs is 1. The van der Waals surface area contributed by atoms with E-state index < -0.39 is 0 Å². The molecular formula is C17H22N8S. The zero-order valence-electron chi connectivity index (χ0n) is 14.9. The number of rotatable bonds is 5. The Bertz CT molecular complexity index is 890. The first kappa shape index (κ1) is 16.9. The van der Waals surface area contributed by atoms with Gasteiger partial charge in [0.1, 0.15) is 5.00 Å². The minimum Gasteiger partial charge on any atom is -0.330 e. The van der Waals surface area contributed by atoms with E-state index in [1.165, 1.54) is 11.5 Å². The average molecular weight is 370 g/mol. The first-order valence-corrected chi connectivity index (χ1v) is 9.43. The zero-order valence-corrected chi connectivity index (χ0v) is 15.7. The Morgan fingerprint density at radius 1 is 1.42 bits per heavy atom. The average Bonchev–Trinajstić information content (AvgIpc) is 3.33. The monoisotopic (exact) mass is 370 g/mol. The van der Waals surface area contributed by atoms with E-state index in [2.05, 4.69) is 25.9 Å². The third-order valence-corrected chi connectivity index (χ3v) is 5.16. The number of amidine groups is 2. The van der Waals surface area contributed by atoms with Crippen LogP contribution in [0.5, 0.6) is 0 Å².